The number of hydrogen-bond donors (Lipinski definition) is 1. The normalized spacial score (nSPS) is 22.6. The van der Waals surface area contributed by atoms with E-state index in [2.05, 4.69) is 0 Å². The molecule has 2 aromatic rings. The van der Waals surface area contributed by atoms with E-state index in [9.17, 15) is 5.11 Å². The maximum Gasteiger partial charge on any atom is 0.226 e. The summed E-state index contributed by atoms with van der Waals surface area (Å²) in [5.74, 6) is -0.763. The fraction of sp³-hybridized carbons (Fsp3) is 0.143. The van der Waals surface area contributed by atoms with E-state index in [1.54, 1.807) is 0 Å². The van der Waals surface area contributed by atoms with Crippen LogP contribution in [-0.4, -0.2) is 11.9 Å². The van der Waals surface area contributed by atoms with Gasteiger partial charge in [-0.05, 0) is 12.1 Å². The van der Waals surface area contributed by atoms with Crippen molar-refractivity contribution in [3.8, 4) is 5.75 Å². The molecule has 1 aliphatic heterocycles. The maximum absolute atomic E-state index is 10.7. The van der Waals surface area contributed by atoms with Gasteiger partial charge in [-0.1, -0.05) is 42.5 Å². The molecule has 1 heterocycles. The molecule has 0 radical (unpaired) electrons. The number of hydrogen-bond acceptors (Lipinski definition) is 3. The van der Waals surface area contributed by atoms with Gasteiger partial charge in [0.1, 0.15) is 5.75 Å². The molecule has 0 amide bonds. The van der Waals surface area contributed by atoms with Crippen molar-refractivity contribution < 1.29 is 14.6 Å². The second-order valence-corrected chi connectivity index (χ2v) is 3.91. The number of ether oxygens (including phenoxy) is 2. The van der Waals surface area contributed by atoms with Crippen LogP contribution in [-0.2, 0) is 10.5 Å². The quantitative estimate of drug-likeness (QED) is 0.813. The van der Waals surface area contributed by atoms with Gasteiger partial charge in [0.15, 0.2) is 6.79 Å². The summed E-state index contributed by atoms with van der Waals surface area (Å²) in [7, 11) is 0. The average molecular weight is 228 g/mol. The zero-order chi connectivity index (χ0) is 11.7. The summed E-state index contributed by atoms with van der Waals surface area (Å²) in [5.41, 5.74) is 1.34. The van der Waals surface area contributed by atoms with Crippen molar-refractivity contribution in [2.45, 2.75) is 5.79 Å². The van der Waals surface area contributed by atoms with Gasteiger partial charge in [0, 0.05) is 5.56 Å². The molecule has 1 N–H and O–H groups in total. The van der Waals surface area contributed by atoms with Crippen molar-refractivity contribution in [3.63, 3.8) is 0 Å². The number of aliphatic hydroxyl groups is 1. The first-order valence-corrected chi connectivity index (χ1v) is 5.45. The predicted molar refractivity (Wildman–Crippen MR) is 62.5 cm³/mol. The van der Waals surface area contributed by atoms with E-state index in [0.29, 0.717) is 16.9 Å². The number of fused-ring (bicyclic) bond motifs is 1. The van der Waals surface area contributed by atoms with Crippen molar-refractivity contribution in [2.24, 2.45) is 0 Å². The van der Waals surface area contributed by atoms with E-state index in [-0.39, 0.29) is 6.79 Å². The molecule has 1 unspecified atom stereocenters. The van der Waals surface area contributed by atoms with Crippen LogP contribution in [0.25, 0.3) is 0 Å². The van der Waals surface area contributed by atoms with Crippen LogP contribution in [0.5, 0.6) is 5.75 Å². The van der Waals surface area contributed by atoms with Gasteiger partial charge in [0.25, 0.3) is 0 Å². The Morgan fingerprint density at radius 1 is 0.941 bits per heavy atom. The fourth-order valence-electron chi connectivity index (χ4n) is 2.03. The van der Waals surface area contributed by atoms with Crippen LogP contribution in [0.1, 0.15) is 11.1 Å². The van der Waals surface area contributed by atoms with Gasteiger partial charge in [-0.2, -0.15) is 0 Å². The molecule has 0 aliphatic carbocycles. The summed E-state index contributed by atoms with van der Waals surface area (Å²) < 4.78 is 10.8. The van der Waals surface area contributed by atoms with Gasteiger partial charge in [0.2, 0.25) is 5.79 Å². The number of benzene rings is 2. The predicted octanol–water partition coefficient (Wildman–Crippen LogP) is 2.25. The summed E-state index contributed by atoms with van der Waals surface area (Å²) in [5, 5.41) is 10.7. The van der Waals surface area contributed by atoms with Crippen LogP contribution >= 0.6 is 0 Å². The van der Waals surface area contributed by atoms with Crippen LogP contribution < -0.4 is 4.74 Å². The van der Waals surface area contributed by atoms with Crippen LogP contribution in [0.4, 0.5) is 0 Å². The third-order valence-corrected chi connectivity index (χ3v) is 2.90. The second kappa shape index (κ2) is 3.87. The summed E-state index contributed by atoms with van der Waals surface area (Å²) in [4.78, 5) is 0. The molecule has 0 saturated heterocycles. The van der Waals surface area contributed by atoms with Gasteiger partial charge in [0.05, 0.1) is 5.56 Å². The topological polar surface area (TPSA) is 38.7 Å². The highest BCUT2D eigenvalue weighted by Gasteiger charge is 2.38. The molecule has 0 spiro atoms. The Labute approximate surface area is 99.2 Å². The molecular formula is C14H12O3. The smallest absolute Gasteiger partial charge is 0.226 e. The third-order valence-electron chi connectivity index (χ3n) is 2.90. The zero-order valence-electron chi connectivity index (χ0n) is 9.17. The maximum atomic E-state index is 10.7. The minimum atomic E-state index is -1.42. The molecule has 17 heavy (non-hydrogen) atoms. The lowest BCUT2D eigenvalue weighted by Crippen LogP contribution is -2.36. The SMILES string of the molecule is OC1(c2ccccc2)OCOc2ccccc21. The summed E-state index contributed by atoms with van der Waals surface area (Å²) >= 11 is 0. The lowest BCUT2D eigenvalue weighted by Gasteiger charge is -2.34. The minimum Gasteiger partial charge on any atom is -0.467 e. The highest BCUT2D eigenvalue weighted by molar-refractivity contribution is 5.43. The van der Waals surface area contributed by atoms with Gasteiger partial charge >= 0.3 is 0 Å². The average Bonchev–Trinajstić information content (AvgIpc) is 2.40. The first-order chi connectivity index (χ1) is 8.31. The first kappa shape index (κ1) is 10.3. The van der Waals surface area contributed by atoms with Crippen molar-refractivity contribution in [1.82, 2.24) is 0 Å². The first-order valence-electron chi connectivity index (χ1n) is 5.45. The van der Waals surface area contributed by atoms with Crippen molar-refractivity contribution in [1.29, 1.82) is 0 Å². The Bertz CT molecular complexity index is 524. The molecule has 0 saturated carbocycles. The van der Waals surface area contributed by atoms with Crippen molar-refractivity contribution >= 4 is 0 Å². The standard InChI is InChI=1S/C14H12O3/c15-14(11-6-2-1-3-7-11)12-8-4-5-9-13(12)16-10-17-14/h1-9,15H,10H2. The Balaban J connectivity index is 2.16. The van der Waals surface area contributed by atoms with E-state index >= 15 is 0 Å². The molecule has 2 aromatic carbocycles. The lowest BCUT2D eigenvalue weighted by molar-refractivity contribution is -0.228. The molecule has 0 aromatic heterocycles. The van der Waals surface area contributed by atoms with Gasteiger partial charge in [-0.25, -0.2) is 0 Å². The molecule has 3 heteroatoms. The van der Waals surface area contributed by atoms with E-state index in [4.69, 9.17) is 9.47 Å². The Kier molecular flexibility index (Phi) is 2.35. The molecule has 3 rings (SSSR count). The minimum absolute atomic E-state index is 0.0441. The number of rotatable bonds is 1. The van der Waals surface area contributed by atoms with Crippen LogP contribution in [0.2, 0.25) is 0 Å². The molecule has 0 fully saturated rings. The Hall–Kier alpha value is -1.84. The molecule has 1 aliphatic rings. The summed E-state index contributed by atoms with van der Waals surface area (Å²) in [6, 6.07) is 16.7. The second-order valence-electron chi connectivity index (χ2n) is 3.91. The van der Waals surface area contributed by atoms with Crippen LogP contribution in [0.15, 0.2) is 54.6 Å². The van der Waals surface area contributed by atoms with E-state index in [1.165, 1.54) is 0 Å². The van der Waals surface area contributed by atoms with Crippen molar-refractivity contribution in [2.75, 3.05) is 6.79 Å². The van der Waals surface area contributed by atoms with E-state index < -0.39 is 5.79 Å². The van der Waals surface area contributed by atoms with E-state index in [0.717, 1.165) is 0 Å². The van der Waals surface area contributed by atoms with Crippen molar-refractivity contribution in [3.05, 3.63) is 65.7 Å². The van der Waals surface area contributed by atoms with Gasteiger partial charge in [-0.15, -0.1) is 0 Å². The molecular weight excluding hydrogens is 216 g/mol. The Morgan fingerprint density at radius 3 is 2.47 bits per heavy atom. The summed E-state index contributed by atoms with van der Waals surface area (Å²) in [6.45, 7) is 0.0441. The molecule has 0 bridgehead atoms. The third kappa shape index (κ3) is 1.60. The zero-order valence-corrected chi connectivity index (χ0v) is 9.17. The van der Waals surface area contributed by atoms with E-state index in [1.807, 2.05) is 54.6 Å². The van der Waals surface area contributed by atoms with Gasteiger partial charge < -0.3 is 14.6 Å². The fourth-order valence-corrected chi connectivity index (χ4v) is 2.03. The van der Waals surface area contributed by atoms with Gasteiger partial charge in [-0.3, -0.25) is 0 Å². The highest BCUT2D eigenvalue weighted by atomic mass is 16.7. The number of para-hydroxylation sites is 1. The van der Waals surface area contributed by atoms with Crippen LogP contribution in [0.3, 0.4) is 0 Å². The highest BCUT2D eigenvalue weighted by Crippen LogP contribution is 2.39. The van der Waals surface area contributed by atoms with Crippen LogP contribution in [0, 0.1) is 0 Å². The molecule has 86 valence electrons. The molecule has 3 nitrogen and oxygen atoms in total. The lowest BCUT2D eigenvalue weighted by atomic mass is 9.96. The largest absolute Gasteiger partial charge is 0.467 e. The monoisotopic (exact) mass is 228 g/mol. The molecule has 1 atom stereocenters. The summed E-state index contributed by atoms with van der Waals surface area (Å²) in [6.07, 6.45) is 0. The Morgan fingerprint density at radius 2 is 1.65 bits per heavy atom.